The lowest BCUT2D eigenvalue weighted by Crippen LogP contribution is -2.44. The lowest BCUT2D eigenvalue weighted by atomic mass is 9.89. The highest BCUT2D eigenvalue weighted by molar-refractivity contribution is 9.10. The number of hydrogen-bond donors (Lipinski definition) is 2. The normalized spacial score (nSPS) is 29.3. The maximum Gasteiger partial charge on any atom is 0.0664 e. The Morgan fingerprint density at radius 1 is 1.56 bits per heavy atom. The van der Waals surface area contributed by atoms with Gasteiger partial charge in [-0.05, 0) is 37.0 Å². The Balaban J connectivity index is 2.18. The first kappa shape index (κ1) is 11.9. The van der Waals surface area contributed by atoms with Crippen LogP contribution in [0.25, 0.3) is 0 Å². The van der Waals surface area contributed by atoms with Gasteiger partial charge in [0, 0.05) is 10.2 Å². The zero-order chi connectivity index (χ0) is 11.6. The van der Waals surface area contributed by atoms with E-state index in [0.717, 1.165) is 16.6 Å². The van der Waals surface area contributed by atoms with Crippen LogP contribution in [0.4, 0.5) is 5.69 Å². The van der Waals surface area contributed by atoms with E-state index in [1.54, 1.807) is 0 Å². The molecule has 1 fully saturated rings. The van der Waals surface area contributed by atoms with Crippen LogP contribution in [0.1, 0.15) is 26.2 Å². The smallest absolute Gasteiger partial charge is 0.0664 e. The van der Waals surface area contributed by atoms with E-state index >= 15 is 0 Å². The summed E-state index contributed by atoms with van der Waals surface area (Å²) in [5, 5.41) is 13.2. The molecule has 3 heteroatoms. The summed E-state index contributed by atoms with van der Waals surface area (Å²) in [4.78, 5) is 0. The topological polar surface area (TPSA) is 32.3 Å². The maximum atomic E-state index is 9.64. The molecule has 0 heterocycles. The molecular formula is C13H18BrNO. The molecule has 16 heavy (non-hydrogen) atoms. The van der Waals surface area contributed by atoms with E-state index in [2.05, 4.69) is 34.2 Å². The van der Waals surface area contributed by atoms with Crippen LogP contribution >= 0.6 is 15.9 Å². The van der Waals surface area contributed by atoms with E-state index in [4.69, 9.17) is 0 Å². The van der Waals surface area contributed by atoms with Crippen molar-refractivity contribution in [3.8, 4) is 0 Å². The van der Waals surface area contributed by atoms with Crippen molar-refractivity contribution < 1.29 is 5.11 Å². The van der Waals surface area contributed by atoms with Crippen LogP contribution in [0.3, 0.4) is 0 Å². The van der Waals surface area contributed by atoms with Crippen molar-refractivity contribution >= 4 is 21.6 Å². The van der Waals surface area contributed by atoms with Crippen molar-refractivity contribution in [3.05, 3.63) is 28.7 Å². The first-order valence-corrected chi connectivity index (χ1v) is 6.60. The van der Waals surface area contributed by atoms with Crippen LogP contribution < -0.4 is 5.32 Å². The van der Waals surface area contributed by atoms with Crippen molar-refractivity contribution in [1.82, 2.24) is 0 Å². The molecule has 1 aliphatic rings. The number of nitrogens with one attached hydrogen (secondary N) is 1. The average molecular weight is 284 g/mol. The van der Waals surface area contributed by atoms with Gasteiger partial charge in [0.15, 0.2) is 0 Å². The highest BCUT2D eigenvalue weighted by atomic mass is 79.9. The standard InChI is InChI=1S/C13H18BrNO/c1-10-4-3-7-13(10,9-16)15-12-6-2-5-11(14)8-12/h2,5-6,8,10,15-16H,3-4,7,9H2,1H3. The van der Waals surface area contributed by atoms with Crippen LogP contribution in [0.15, 0.2) is 28.7 Å². The molecule has 0 aliphatic heterocycles. The van der Waals surface area contributed by atoms with Crippen molar-refractivity contribution in [2.45, 2.75) is 31.7 Å². The zero-order valence-corrected chi connectivity index (χ0v) is 11.1. The predicted octanol–water partition coefficient (Wildman–Crippen LogP) is 3.41. The number of aliphatic hydroxyl groups excluding tert-OH is 1. The van der Waals surface area contributed by atoms with Crippen molar-refractivity contribution in [2.75, 3.05) is 11.9 Å². The first-order chi connectivity index (χ1) is 7.66. The molecule has 2 unspecified atom stereocenters. The summed E-state index contributed by atoms with van der Waals surface area (Å²) in [6.45, 7) is 2.43. The molecule has 1 saturated carbocycles. The Kier molecular flexibility index (Phi) is 3.55. The molecule has 0 saturated heterocycles. The van der Waals surface area contributed by atoms with Gasteiger partial charge >= 0.3 is 0 Å². The molecule has 2 atom stereocenters. The number of hydrogen-bond acceptors (Lipinski definition) is 2. The van der Waals surface area contributed by atoms with Crippen LogP contribution in [0, 0.1) is 5.92 Å². The molecule has 1 aromatic rings. The van der Waals surface area contributed by atoms with Gasteiger partial charge < -0.3 is 10.4 Å². The summed E-state index contributed by atoms with van der Waals surface area (Å²) in [5.41, 5.74) is 0.957. The van der Waals surface area contributed by atoms with E-state index in [-0.39, 0.29) is 12.1 Å². The summed E-state index contributed by atoms with van der Waals surface area (Å²) < 4.78 is 1.07. The van der Waals surface area contributed by atoms with Crippen LogP contribution in [0.5, 0.6) is 0 Å². The third-order valence-electron chi connectivity index (χ3n) is 3.70. The number of aliphatic hydroxyl groups is 1. The van der Waals surface area contributed by atoms with E-state index in [0.29, 0.717) is 5.92 Å². The minimum Gasteiger partial charge on any atom is -0.394 e. The summed E-state index contributed by atoms with van der Waals surface area (Å²) in [7, 11) is 0. The van der Waals surface area contributed by atoms with E-state index in [1.165, 1.54) is 12.8 Å². The third-order valence-corrected chi connectivity index (χ3v) is 4.20. The average Bonchev–Trinajstić information content (AvgIpc) is 2.61. The van der Waals surface area contributed by atoms with E-state index in [9.17, 15) is 5.11 Å². The molecule has 1 aliphatic carbocycles. The van der Waals surface area contributed by atoms with Crippen molar-refractivity contribution in [3.63, 3.8) is 0 Å². The van der Waals surface area contributed by atoms with Gasteiger partial charge in [-0.15, -0.1) is 0 Å². The second-order valence-corrected chi connectivity index (χ2v) is 5.66. The highest BCUT2D eigenvalue weighted by Gasteiger charge is 2.39. The maximum absolute atomic E-state index is 9.64. The van der Waals surface area contributed by atoms with Gasteiger partial charge in [-0.25, -0.2) is 0 Å². The fraction of sp³-hybridized carbons (Fsp3) is 0.538. The Morgan fingerprint density at radius 2 is 2.38 bits per heavy atom. The van der Waals surface area contributed by atoms with Crippen molar-refractivity contribution in [2.24, 2.45) is 5.92 Å². The van der Waals surface area contributed by atoms with Crippen LogP contribution in [-0.2, 0) is 0 Å². The third kappa shape index (κ3) is 2.25. The van der Waals surface area contributed by atoms with Gasteiger partial charge in [0.05, 0.1) is 12.1 Å². The molecule has 0 bridgehead atoms. The summed E-state index contributed by atoms with van der Waals surface area (Å²) in [6.07, 6.45) is 3.45. The molecule has 2 rings (SSSR count). The molecule has 88 valence electrons. The van der Waals surface area contributed by atoms with Gasteiger partial charge in [0.25, 0.3) is 0 Å². The molecule has 0 radical (unpaired) electrons. The van der Waals surface area contributed by atoms with Crippen LogP contribution in [-0.4, -0.2) is 17.3 Å². The zero-order valence-electron chi connectivity index (χ0n) is 9.54. The first-order valence-electron chi connectivity index (χ1n) is 5.81. The summed E-state index contributed by atoms with van der Waals surface area (Å²) in [6, 6.07) is 8.13. The fourth-order valence-corrected chi connectivity index (χ4v) is 2.96. The van der Waals surface area contributed by atoms with Gasteiger partial charge in [-0.1, -0.05) is 35.3 Å². The predicted molar refractivity (Wildman–Crippen MR) is 70.6 cm³/mol. The minimum absolute atomic E-state index is 0.124. The number of anilines is 1. The SMILES string of the molecule is CC1CCCC1(CO)Nc1cccc(Br)c1. The van der Waals surface area contributed by atoms with E-state index in [1.807, 2.05) is 18.2 Å². The van der Waals surface area contributed by atoms with Gasteiger partial charge in [-0.2, -0.15) is 0 Å². The number of benzene rings is 1. The minimum atomic E-state index is -0.124. The van der Waals surface area contributed by atoms with Crippen LogP contribution in [0.2, 0.25) is 0 Å². The highest BCUT2D eigenvalue weighted by Crippen LogP contribution is 2.38. The second kappa shape index (κ2) is 4.76. The van der Waals surface area contributed by atoms with E-state index < -0.39 is 0 Å². The lowest BCUT2D eigenvalue weighted by Gasteiger charge is -2.34. The molecule has 0 aromatic heterocycles. The number of rotatable bonds is 3. The Morgan fingerprint density at radius 3 is 2.94 bits per heavy atom. The monoisotopic (exact) mass is 283 g/mol. The molecular weight excluding hydrogens is 266 g/mol. The van der Waals surface area contributed by atoms with Gasteiger partial charge in [0.1, 0.15) is 0 Å². The molecule has 2 nitrogen and oxygen atoms in total. The van der Waals surface area contributed by atoms with Gasteiger partial charge in [-0.3, -0.25) is 0 Å². The quantitative estimate of drug-likeness (QED) is 0.891. The van der Waals surface area contributed by atoms with Gasteiger partial charge in [0.2, 0.25) is 0 Å². The van der Waals surface area contributed by atoms with Crippen molar-refractivity contribution in [1.29, 1.82) is 0 Å². The Labute approximate surface area is 105 Å². The lowest BCUT2D eigenvalue weighted by molar-refractivity contribution is 0.184. The summed E-state index contributed by atoms with van der Waals surface area (Å²) in [5.74, 6) is 0.525. The Bertz CT molecular complexity index is 369. The summed E-state index contributed by atoms with van der Waals surface area (Å²) >= 11 is 3.46. The Hall–Kier alpha value is -0.540. The molecule has 1 aromatic carbocycles. The molecule has 0 spiro atoms. The number of halogens is 1. The largest absolute Gasteiger partial charge is 0.394 e. The molecule has 2 N–H and O–H groups in total. The fourth-order valence-electron chi connectivity index (χ4n) is 2.56. The second-order valence-electron chi connectivity index (χ2n) is 4.74. The molecule has 0 amide bonds.